The summed E-state index contributed by atoms with van der Waals surface area (Å²) in [5.74, 6) is -4.63. The molecule has 0 bridgehead atoms. The van der Waals surface area contributed by atoms with Crippen molar-refractivity contribution in [2.24, 2.45) is 5.14 Å². The molecular formula is C15H8ClFN2O6S. The summed E-state index contributed by atoms with van der Waals surface area (Å²) in [7, 11) is -4.30. The van der Waals surface area contributed by atoms with Crippen LogP contribution in [0.2, 0.25) is 5.02 Å². The molecule has 0 spiro atoms. The van der Waals surface area contributed by atoms with Crippen LogP contribution >= 0.6 is 11.6 Å². The van der Waals surface area contributed by atoms with Gasteiger partial charge in [-0.2, -0.15) is 0 Å². The predicted molar refractivity (Wildman–Crippen MR) is 85.1 cm³/mol. The molecule has 2 aromatic carbocycles. The summed E-state index contributed by atoms with van der Waals surface area (Å²) in [5.41, 5.74) is -0.901. The summed E-state index contributed by atoms with van der Waals surface area (Å²) in [6.07, 6.45) is 0. The van der Waals surface area contributed by atoms with E-state index in [0.717, 1.165) is 0 Å². The topological polar surface area (TPSA) is 124 Å². The second kappa shape index (κ2) is 6.16. The zero-order valence-electron chi connectivity index (χ0n) is 12.6. The van der Waals surface area contributed by atoms with Crippen molar-refractivity contribution in [1.29, 1.82) is 0 Å². The molecule has 0 radical (unpaired) electrons. The molecule has 0 aliphatic carbocycles. The van der Waals surface area contributed by atoms with E-state index in [9.17, 15) is 27.2 Å². The third-order valence-electron chi connectivity index (χ3n) is 3.48. The third kappa shape index (κ3) is 2.94. The molecule has 134 valence electrons. The molecule has 3 rings (SSSR count). The molecule has 26 heavy (non-hydrogen) atoms. The van der Waals surface area contributed by atoms with Crippen LogP contribution in [0, 0.1) is 5.82 Å². The fourth-order valence-corrected chi connectivity index (χ4v) is 3.11. The van der Waals surface area contributed by atoms with Crippen molar-refractivity contribution in [1.82, 2.24) is 5.06 Å². The van der Waals surface area contributed by atoms with Gasteiger partial charge < -0.3 is 4.84 Å². The Labute approximate surface area is 150 Å². The van der Waals surface area contributed by atoms with E-state index in [1.54, 1.807) is 0 Å². The molecular weight excluding hydrogens is 391 g/mol. The van der Waals surface area contributed by atoms with Crippen molar-refractivity contribution >= 4 is 39.4 Å². The van der Waals surface area contributed by atoms with Gasteiger partial charge in [0.25, 0.3) is 11.8 Å². The van der Waals surface area contributed by atoms with Crippen LogP contribution < -0.4 is 5.14 Å². The molecule has 8 nitrogen and oxygen atoms in total. The summed E-state index contributed by atoms with van der Waals surface area (Å²) in [6.45, 7) is 0. The Morgan fingerprint density at radius 3 is 2.15 bits per heavy atom. The number of carbonyl (C=O) groups excluding carboxylic acids is 3. The quantitative estimate of drug-likeness (QED) is 0.781. The summed E-state index contributed by atoms with van der Waals surface area (Å²) in [4.78, 5) is 40.5. The normalized spacial score (nSPS) is 13.7. The van der Waals surface area contributed by atoms with Gasteiger partial charge in [0.15, 0.2) is 5.82 Å². The summed E-state index contributed by atoms with van der Waals surface area (Å²) < 4.78 is 36.9. The van der Waals surface area contributed by atoms with Crippen molar-refractivity contribution in [3.05, 3.63) is 63.9 Å². The Morgan fingerprint density at radius 2 is 1.65 bits per heavy atom. The Balaban J connectivity index is 1.96. The number of primary sulfonamides is 1. The van der Waals surface area contributed by atoms with E-state index in [2.05, 4.69) is 4.84 Å². The summed E-state index contributed by atoms with van der Waals surface area (Å²) in [6, 6.07) is 7.02. The van der Waals surface area contributed by atoms with Gasteiger partial charge in [-0.15, -0.1) is 0 Å². The number of carbonyl (C=O) groups is 3. The molecule has 2 aromatic rings. The number of nitrogens with two attached hydrogens (primary N) is 1. The molecule has 0 saturated carbocycles. The smallest absolute Gasteiger partial charge is 0.324 e. The van der Waals surface area contributed by atoms with E-state index in [1.807, 2.05) is 0 Å². The minimum Gasteiger partial charge on any atom is -0.324 e. The Kier molecular flexibility index (Phi) is 4.26. The summed E-state index contributed by atoms with van der Waals surface area (Å²) >= 11 is 5.57. The van der Waals surface area contributed by atoms with Crippen LogP contribution in [0.25, 0.3) is 0 Å². The largest absolute Gasteiger partial charge is 0.367 e. The highest BCUT2D eigenvalue weighted by Gasteiger charge is 2.39. The second-order valence-corrected chi connectivity index (χ2v) is 7.11. The number of hydrogen-bond acceptors (Lipinski definition) is 6. The molecule has 2 amide bonds. The van der Waals surface area contributed by atoms with Gasteiger partial charge in [-0.05, 0) is 24.3 Å². The molecule has 2 N–H and O–H groups in total. The van der Waals surface area contributed by atoms with Crippen LogP contribution in [-0.2, 0) is 14.9 Å². The molecule has 1 heterocycles. The van der Waals surface area contributed by atoms with Gasteiger partial charge in [-0.3, -0.25) is 9.59 Å². The SMILES string of the molecule is NS(=O)(=O)c1cc(Cl)c(F)c(C(=O)ON2C(=O)c3ccccc3C2=O)c1. The number of rotatable bonds is 3. The van der Waals surface area contributed by atoms with E-state index in [-0.39, 0.29) is 16.2 Å². The second-order valence-electron chi connectivity index (χ2n) is 5.14. The highest BCUT2D eigenvalue weighted by molar-refractivity contribution is 7.89. The molecule has 0 atom stereocenters. The molecule has 1 aliphatic heterocycles. The minimum atomic E-state index is -4.30. The number of sulfonamides is 1. The monoisotopic (exact) mass is 398 g/mol. The van der Waals surface area contributed by atoms with Gasteiger partial charge >= 0.3 is 5.97 Å². The van der Waals surface area contributed by atoms with Crippen LogP contribution in [0.1, 0.15) is 31.1 Å². The first-order chi connectivity index (χ1) is 12.1. The average Bonchev–Trinajstić information content (AvgIpc) is 2.81. The molecule has 11 heteroatoms. The van der Waals surface area contributed by atoms with Crippen LogP contribution in [-0.4, -0.2) is 31.3 Å². The first kappa shape index (κ1) is 18.0. The van der Waals surface area contributed by atoms with Crippen molar-refractivity contribution in [2.45, 2.75) is 4.90 Å². The fourth-order valence-electron chi connectivity index (χ4n) is 2.26. The van der Waals surface area contributed by atoms with Crippen LogP contribution in [0.15, 0.2) is 41.3 Å². The van der Waals surface area contributed by atoms with E-state index >= 15 is 0 Å². The lowest BCUT2D eigenvalue weighted by atomic mass is 10.1. The maximum atomic E-state index is 14.1. The Hall–Kier alpha value is -2.82. The summed E-state index contributed by atoms with van der Waals surface area (Å²) in [5, 5.41) is 4.38. The average molecular weight is 399 g/mol. The number of nitrogens with zero attached hydrogens (tertiary/aromatic N) is 1. The van der Waals surface area contributed by atoms with Gasteiger partial charge in [0.1, 0.15) is 5.56 Å². The van der Waals surface area contributed by atoms with E-state index in [4.69, 9.17) is 16.7 Å². The van der Waals surface area contributed by atoms with Gasteiger partial charge in [0.2, 0.25) is 10.0 Å². The number of amides is 2. The molecule has 1 aliphatic rings. The molecule has 0 unspecified atom stereocenters. The highest BCUT2D eigenvalue weighted by Crippen LogP contribution is 2.26. The fraction of sp³-hybridized carbons (Fsp3) is 0. The number of fused-ring (bicyclic) bond motifs is 1. The first-order valence-electron chi connectivity index (χ1n) is 6.83. The van der Waals surface area contributed by atoms with Crippen molar-refractivity contribution in [2.75, 3.05) is 0 Å². The van der Waals surface area contributed by atoms with Crippen LogP contribution in [0.4, 0.5) is 4.39 Å². The molecule has 0 aromatic heterocycles. The van der Waals surface area contributed by atoms with E-state index in [1.165, 1.54) is 24.3 Å². The molecule has 0 saturated heterocycles. The lowest BCUT2D eigenvalue weighted by molar-refractivity contribution is -0.0587. The zero-order chi connectivity index (χ0) is 19.2. The first-order valence-corrected chi connectivity index (χ1v) is 8.75. The van der Waals surface area contributed by atoms with E-state index in [0.29, 0.717) is 12.1 Å². The number of halogens is 2. The zero-order valence-corrected chi connectivity index (χ0v) is 14.2. The van der Waals surface area contributed by atoms with Gasteiger partial charge in [-0.1, -0.05) is 28.8 Å². The van der Waals surface area contributed by atoms with Crippen molar-refractivity contribution in [3.8, 4) is 0 Å². The van der Waals surface area contributed by atoms with Gasteiger partial charge in [0, 0.05) is 0 Å². The van der Waals surface area contributed by atoms with Crippen molar-refractivity contribution in [3.63, 3.8) is 0 Å². The number of hydrogen-bond donors (Lipinski definition) is 1. The standard InChI is InChI=1S/C15H8ClFN2O6S/c16-11-6-7(26(18,23)24)5-10(12(11)17)15(22)25-19-13(20)8-3-1-2-4-9(8)14(19)21/h1-6H,(H2,18,23,24). The number of hydroxylamine groups is 2. The minimum absolute atomic E-state index is 0.00194. The van der Waals surface area contributed by atoms with Crippen molar-refractivity contribution < 1.29 is 32.0 Å². The highest BCUT2D eigenvalue weighted by atomic mass is 35.5. The maximum Gasteiger partial charge on any atom is 0.367 e. The lowest BCUT2D eigenvalue weighted by Crippen LogP contribution is -2.33. The Bertz CT molecular complexity index is 1050. The Morgan fingerprint density at radius 1 is 1.12 bits per heavy atom. The van der Waals surface area contributed by atoms with Crippen LogP contribution in [0.5, 0.6) is 0 Å². The predicted octanol–water partition coefficient (Wildman–Crippen LogP) is 1.49. The van der Waals surface area contributed by atoms with E-state index < -0.39 is 49.1 Å². The van der Waals surface area contributed by atoms with Crippen LogP contribution in [0.3, 0.4) is 0 Å². The van der Waals surface area contributed by atoms with Gasteiger partial charge in [-0.25, -0.2) is 22.7 Å². The maximum absolute atomic E-state index is 14.1. The lowest BCUT2D eigenvalue weighted by Gasteiger charge is -2.13. The van der Waals surface area contributed by atoms with Gasteiger partial charge in [0.05, 0.1) is 21.0 Å². The number of benzene rings is 2. The third-order valence-corrected chi connectivity index (χ3v) is 4.65. The molecule has 0 fully saturated rings. The number of imide groups is 1.